The molecule has 0 radical (unpaired) electrons. The van der Waals surface area contributed by atoms with E-state index in [4.69, 9.17) is 4.74 Å². The number of Topliss-reactive ketones (excluding diaryl/α,β-unsaturated/α-hetero) is 1. The van der Waals surface area contributed by atoms with Gasteiger partial charge in [-0.1, -0.05) is 19.3 Å². The van der Waals surface area contributed by atoms with Gasteiger partial charge in [-0.3, -0.25) is 4.79 Å². The van der Waals surface area contributed by atoms with E-state index in [-0.39, 0.29) is 5.60 Å². The molecular weight excluding hydrogens is 244 g/mol. The first kappa shape index (κ1) is 13.0. The van der Waals surface area contributed by atoms with Crippen LogP contribution in [0.4, 0.5) is 0 Å². The number of rotatable bonds is 2. The first-order chi connectivity index (χ1) is 8.79. The summed E-state index contributed by atoms with van der Waals surface area (Å²) in [5.74, 6) is 3.49. The second-order valence-corrected chi connectivity index (χ2v) is 7.39. The van der Waals surface area contributed by atoms with Crippen molar-refractivity contribution in [2.24, 2.45) is 11.8 Å². The average Bonchev–Trinajstić information content (AvgIpc) is 2.93. The van der Waals surface area contributed by atoms with E-state index >= 15 is 0 Å². The highest BCUT2D eigenvalue weighted by Crippen LogP contribution is 2.42. The zero-order valence-corrected chi connectivity index (χ0v) is 12.0. The van der Waals surface area contributed by atoms with Crippen LogP contribution in [0.2, 0.25) is 0 Å². The topological polar surface area (TPSA) is 26.3 Å². The number of carbonyl (C=O) groups is 1. The molecule has 18 heavy (non-hydrogen) atoms. The van der Waals surface area contributed by atoms with E-state index in [1.54, 1.807) is 0 Å². The van der Waals surface area contributed by atoms with Crippen LogP contribution in [0.5, 0.6) is 0 Å². The van der Waals surface area contributed by atoms with Gasteiger partial charge in [0.15, 0.2) is 0 Å². The zero-order chi connectivity index (χ0) is 12.4. The molecule has 2 nitrogen and oxygen atoms in total. The Hall–Kier alpha value is -0.0200. The van der Waals surface area contributed by atoms with E-state index in [1.165, 1.54) is 37.9 Å². The number of carbonyl (C=O) groups excluding carboxylic acids is 1. The summed E-state index contributed by atoms with van der Waals surface area (Å²) in [4.78, 5) is 12.6. The maximum atomic E-state index is 12.6. The van der Waals surface area contributed by atoms with Crippen molar-refractivity contribution in [3.8, 4) is 0 Å². The van der Waals surface area contributed by atoms with Gasteiger partial charge in [0, 0.05) is 24.2 Å². The molecule has 2 heterocycles. The Bertz CT molecular complexity index is 298. The standard InChI is InChI=1S/C15H24O2S/c16-14(13-5-9-18-11-13)12-4-8-17-15(10-12)6-2-1-3-7-15/h12-13H,1-11H2. The van der Waals surface area contributed by atoms with Crippen LogP contribution in [0.3, 0.4) is 0 Å². The van der Waals surface area contributed by atoms with Crippen molar-refractivity contribution in [2.75, 3.05) is 18.1 Å². The Balaban J connectivity index is 1.64. The lowest BCUT2D eigenvalue weighted by molar-refractivity contribution is -0.145. The molecule has 0 aromatic heterocycles. The maximum absolute atomic E-state index is 12.6. The van der Waals surface area contributed by atoms with E-state index in [1.807, 2.05) is 11.8 Å². The number of thioether (sulfide) groups is 1. The lowest BCUT2D eigenvalue weighted by atomic mass is 9.73. The Morgan fingerprint density at radius 3 is 2.67 bits per heavy atom. The SMILES string of the molecule is O=C(C1CCSC1)C1CCOC2(CCCCC2)C1. The number of hydrogen-bond donors (Lipinski definition) is 0. The molecule has 3 rings (SSSR count). The summed E-state index contributed by atoms with van der Waals surface area (Å²) in [6.07, 6.45) is 9.43. The fourth-order valence-corrected chi connectivity index (χ4v) is 5.14. The maximum Gasteiger partial charge on any atom is 0.140 e. The van der Waals surface area contributed by atoms with Crippen LogP contribution in [0.1, 0.15) is 51.4 Å². The lowest BCUT2D eigenvalue weighted by Crippen LogP contribution is -2.44. The molecule has 1 aliphatic carbocycles. The monoisotopic (exact) mass is 268 g/mol. The van der Waals surface area contributed by atoms with Gasteiger partial charge < -0.3 is 4.74 Å². The lowest BCUT2D eigenvalue weighted by Gasteiger charge is -2.43. The molecule has 0 amide bonds. The normalized spacial score (nSPS) is 35.8. The minimum Gasteiger partial charge on any atom is -0.375 e. The third kappa shape index (κ3) is 2.62. The molecular formula is C15H24O2S. The quantitative estimate of drug-likeness (QED) is 0.767. The molecule has 2 atom stereocenters. The Kier molecular flexibility index (Phi) is 4.00. The zero-order valence-electron chi connectivity index (χ0n) is 11.2. The van der Waals surface area contributed by atoms with Gasteiger partial charge in [0.25, 0.3) is 0 Å². The van der Waals surface area contributed by atoms with Crippen LogP contribution in [0.25, 0.3) is 0 Å². The van der Waals surface area contributed by atoms with Crippen molar-refractivity contribution in [1.29, 1.82) is 0 Å². The molecule has 1 saturated carbocycles. The molecule has 2 unspecified atom stereocenters. The van der Waals surface area contributed by atoms with Crippen LogP contribution in [0, 0.1) is 11.8 Å². The average molecular weight is 268 g/mol. The second kappa shape index (κ2) is 5.54. The van der Waals surface area contributed by atoms with Gasteiger partial charge in [-0.05, 0) is 37.9 Å². The summed E-state index contributed by atoms with van der Waals surface area (Å²) in [5.41, 5.74) is 0.0859. The minimum absolute atomic E-state index is 0.0859. The van der Waals surface area contributed by atoms with Crippen molar-refractivity contribution in [3.63, 3.8) is 0 Å². The van der Waals surface area contributed by atoms with E-state index in [0.29, 0.717) is 17.6 Å². The first-order valence-corrected chi connectivity index (χ1v) is 8.70. The summed E-state index contributed by atoms with van der Waals surface area (Å²) in [6, 6.07) is 0. The third-order valence-corrected chi connectivity index (χ3v) is 6.15. The van der Waals surface area contributed by atoms with Crippen LogP contribution in [-0.4, -0.2) is 29.5 Å². The number of ketones is 1. The largest absolute Gasteiger partial charge is 0.375 e. The van der Waals surface area contributed by atoms with Gasteiger partial charge in [-0.15, -0.1) is 0 Å². The summed E-state index contributed by atoms with van der Waals surface area (Å²) in [5, 5.41) is 0. The molecule has 102 valence electrons. The fourth-order valence-electron chi connectivity index (χ4n) is 3.91. The van der Waals surface area contributed by atoms with E-state index in [2.05, 4.69) is 0 Å². The predicted octanol–water partition coefficient (Wildman–Crippen LogP) is 3.44. The summed E-state index contributed by atoms with van der Waals surface area (Å²) >= 11 is 1.95. The van der Waals surface area contributed by atoms with Gasteiger partial charge in [0.2, 0.25) is 0 Å². The first-order valence-electron chi connectivity index (χ1n) is 7.55. The van der Waals surface area contributed by atoms with E-state index in [9.17, 15) is 4.79 Å². The minimum atomic E-state index is 0.0859. The Morgan fingerprint density at radius 2 is 1.94 bits per heavy atom. The molecule has 1 spiro atoms. The number of ether oxygens (including phenoxy) is 1. The van der Waals surface area contributed by atoms with Crippen molar-refractivity contribution in [2.45, 2.75) is 57.0 Å². The molecule has 3 aliphatic rings. The molecule has 0 aromatic rings. The second-order valence-electron chi connectivity index (χ2n) is 6.24. The van der Waals surface area contributed by atoms with Crippen molar-refractivity contribution in [3.05, 3.63) is 0 Å². The molecule has 3 fully saturated rings. The van der Waals surface area contributed by atoms with E-state index in [0.717, 1.165) is 31.6 Å². The summed E-state index contributed by atoms with van der Waals surface area (Å²) in [7, 11) is 0. The van der Waals surface area contributed by atoms with Gasteiger partial charge in [0.1, 0.15) is 5.78 Å². The summed E-state index contributed by atoms with van der Waals surface area (Å²) in [6.45, 7) is 0.816. The van der Waals surface area contributed by atoms with Crippen LogP contribution in [-0.2, 0) is 9.53 Å². The molecule has 0 bridgehead atoms. The van der Waals surface area contributed by atoms with Crippen LogP contribution in [0.15, 0.2) is 0 Å². The van der Waals surface area contributed by atoms with Crippen LogP contribution >= 0.6 is 11.8 Å². The Labute approximate surface area is 114 Å². The molecule has 0 aromatic carbocycles. The highest BCUT2D eigenvalue weighted by atomic mass is 32.2. The smallest absolute Gasteiger partial charge is 0.140 e. The molecule has 2 aliphatic heterocycles. The van der Waals surface area contributed by atoms with Crippen molar-refractivity contribution >= 4 is 17.5 Å². The predicted molar refractivity (Wildman–Crippen MR) is 74.9 cm³/mol. The molecule has 3 heteroatoms. The third-order valence-electron chi connectivity index (χ3n) is 4.99. The van der Waals surface area contributed by atoms with Gasteiger partial charge in [-0.2, -0.15) is 11.8 Å². The Morgan fingerprint density at radius 1 is 1.11 bits per heavy atom. The highest BCUT2D eigenvalue weighted by molar-refractivity contribution is 7.99. The fraction of sp³-hybridized carbons (Fsp3) is 0.933. The summed E-state index contributed by atoms with van der Waals surface area (Å²) < 4.78 is 6.09. The van der Waals surface area contributed by atoms with Gasteiger partial charge in [0.05, 0.1) is 5.60 Å². The van der Waals surface area contributed by atoms with E-state index < -0.39 is 0 Å². The number of hydrogen-bond acceptors (Lipinski definition) is 3. The van der Waals surface area contributed by atoms with Gasteiger partial charge >= 0.3 is 0 Å². The highest BCUT2D eigenvalue weighted by Gasteiger charge is 2.42. The molecule has 2 saturated heterocycles. The van der Waals surface area contributed by atoms with Crippen molar-refractivity contribution < 1.29 is 9.53 Å². The van der Waals surface area contributed by atoms with Crippen molar-refractivity contribution in [1.82, 2.24) is 0 Å². The van der Waals surface area contributed by atoms with Gasteiger partial charge in [-0.25, -0.2) is 0 Å². The molecule has 0 N–H and O–H groups in total. The van der Waals surface area contributed by atoms with Crippen LogP contribution < -0.4 is 0 Å².